The lowest BCUT2D eigenvalue weighted by Crippen LogP contribution is -2.36. The number of benzene rings is 3. The van der Waals surface area contributed by atoms with E-state index in [4.69, 9.17) is 0 Å². The number of nitrogens with zero attached hydrogens (tertiary/aromatic N) is 1. The molecule has 2 amide bonds. The van der Waals surface area contributed by atoms with Crippen LogP contribution in [0.3, 0.4) is 0 Å². The Labute approximate surface area is 189 Å². The van der Waals surface area contributed by atoms with E-state index in [2.05, 4.69) is 10.6 Å². The van der Waals surface area contributed by atoms with Gasteiger partial charge in [-0.15, -0.1) is 0 Å². The molecule has 2 N–H and O–H groups in total. The van der Waals surface area contributed by atoms with Crippen LogP contribution < -0.4 is 10.6 Å². The number of nitrogens with one attached hydrogen (secondary N) is 2. The molecule has 7 heteroatoms. The Hall–Kier alpha value is -3.16. The third-order valence-corrected chi connectivity index (χ3v) is 7.72. The predicted octanol–water partition coefficient (Wildman–Crippen LogP) is 5.00. The molecule has 1 heterocycles. The fourth-order valence-electron chi connectivity index (χ4n) is 3.79. The molecule has 0 atom stereocenters. The zero-order valence-corrected chi connectivity index (χ0v) is 19.3. The van der Waals surface area contributed by atoms with Crippen molar-refractivity contribution in [2.24, 2.45) is 0 Å². The van der Waals surface area contributed by atoms with Crippen molar-refractivity contribution in [1.82, 2.24) is 4.31 Å². The van der Waals surface area contributed by atoms with Crippen LogP contribution in [-0.2, 0) is 23.0 Å². The fourth-order valence-corrected chi connectivity index (χ4v) is 5.20. The number of urea groups is 1. The van der Waals surface area contributed by atoms with E-state index in [1.165, 1.54) is 4.31 Å². The Morgan fingerprint density at radius 3 is 2.16 bits per heavy atom. The molecule has 0 saturated heterocycles. The van der Waals surface area contributed by atoms with Crippen LogP contribution in [0.1, 0.15) is 27.8 Å². The minimum atomic E-state index is -3.57. The Morgan fingerprint density at radius 2 is 1.47 bits per heavy atom. The Bertz CT molecular complexity index is 1270. The van der Waals surface area contributed by atoms with Crippen LogP contribution in [0.25, 0.3) is 0 Å². The van der Waals surface area contributed by atoms with Gasteiger partial charge in [-0.1, -0.05) is 29.8 Å². The number of anilines is 2. The van der Waals surface area contributed by atoms with E-state index in [0.717, 1.165) is 33.5 Å². The highest BCUT2D eigenvalue weighted by molar-refractivity contribution is 7.89. The van der Waals surface area contributed by atoms with E-state index in [1.807, 2.05) is 57.2 Å². The highest BCUT2D eigenvalue weighted by Gasteiger charge is 2.28. The molecule has 0 saturated carbocycles. The van der Waals surface area contributed by atoms with Gasteiger partial charge in [0.2, 0.25) is 10.0 Å². The summed E-state index contributed by atoms with van der Waals surface area (Å²) in [5.41, 5.74) is 6.62. The summed E-state index contributed by atoms with van der Waals surface area (Å²) in [5, 5.41) is 5.69. The number of hydrogen-bond acceptors (Lipinski definition) is 3. The number of fused-ring (bicyclic) bond motifs is 1. The molecule has 0 aromatic heterocycles. The van der Waals surface area contributed by atoms with Crippen molar-refractivity contribution in [1.29, 1.82) is 0 Å². The lowest BCUT2D eigenvalue weighted by molar-refractivity contribution is 0.262. The number of carbonyl (C=O) groups is 1. The summed E-state index contributed by atoms with van der Waals surface area (Å²) in [7, 11) is -3.57. The van der Waals surface area contributed by atoms with Gasteiger partial charge in [0.25, 0.3) is 0 Å². The van der Waals surface area contributed by atoms with Gasteiger partial charge < -0.3 is 10.6 Å². The fraction of sp³-hybridized carbons (Fsp3) is 0.240. The SMILES string of the molecule is Cc1ccc(S(=O)(=O)N2CCc3ccc(NC(=O)Nc4ccc(C)c(C)c4)cc3C2)cc1. The minimum absolute atomic E-state index is 0.278. The number of sulfonamides is 1. The summed E-state index contributed by atoms with van der Waals surface area (Å²) >= 11 is 0. The summed E-state index contributed by atoms with van der Waals surface area (Å²) in [6, 6.07) is 18.0. The standard InChI is InChI=1S/C25H27N3O3S/c1-17-4-10-24(11-5-17)32(30,31)28-13-12-20-7-9-23(15-21(20)16-28)27-25(29)26-22-8-6-18(2)19(3)14-22/h4-11,14-15H,12-13,16H2,1-3H3,(H2,26,27,29). The molecule has 4 rings (SSSR count). The first-order chi connectivity index (χ1) is 15.2. The van der Waals surface area contributed by atoms with E-state index in [0.29, 0.717) is 23.5 Å². The largest absolute Gasteiger partial charge is 0.323 e. The average molecular weight is 450 g/mol. The Balaban J connectivity index is 1.48. The molecule has 3 aromatic carbocycles. The first-order valence-corrected chi connectivity index (χ1v) is 12.0. The molecular weight excluding hydrogens is 422 g/mol. The molecule has 1 aliphatic rings. The van der Waals surface area contributed by atoms with Crippen molar-refractivity contribution in [3.05, 3.63) is 88.5 Å². The van der Waals surface area contributed by atoms with E-state index in [1.54, 1.807) is 24.3 Å². The lowest BCUT2D eigenvalue weighted by Gasteiger charge is -2.28. The maximum atomic E-state index is 13.1. The topological polar surface area (TPSA) is 78.5 Å². The average Bonchev–Trinajstić information content (AvgIpc) is 2.76. The first kappa shape index (κ1) is 22.0. The number of amides is 2. The molecule has 0 radical (unpaired) electrons. The molecule has 0 unspecified atom stereocenters. The highest BCUT2D eigenvalue weighted by atomic mass is 32.2. The van der Waals surface area contributed by atoms with Gasteiger partial charge in [-0.3, -0.25) is 0 Å². The van der Waals surface area contributed by atoms with Crippen LogP contribution in [0.15, 0.2) is 65.6 Å². The molecule has 0 fully saturated rings. The third kappa shape index (κ3) is 4.69. The number of hydrogen-bond donors (Lipinski definition) is 2. The van der Waals surface area contributed by atoms with Crippen LogP contribution in [0, 0.1) is 20.8 Å². The highest BCUT2D eigenvalue weighted by Crippen LogP contribution is 2.27. The number of aryl methyl sites for hydroxylation is 3. The zero-order valence-electron chi connectivity index (χ0n) is 18.5. The quantitative estimate of drug-likeness (QED) is 0.588. The van der Waals surface area contributed by atoms with Gasteiger partial charge in [0.05, 0.1) is 4.90 Å². The van der Waals surface area contributed by atoms with Crippen molar-refractivity contribution in [2.75, 3.05) is 17.2 Å². The van der Waals surface area contributed by atoms with Crippen molar-refractivity contribution >= 4 is 27.4 Å². The molecule has 166 valence electrons. The lowest BCUT2D eigenvalue weighted by atomic mass is 10.0. The van der Waals surface area contributed by atoms with E-state index in [9.17, 15) is 13.2 Å². The third-order valence-electron chi connectivity index (χ3n) is 5.86. The summed E-state index contributed by atoms with van der Waals surface area (Å²) < 4.78 is 27.6. The van der Waals surface area contributed by atoms with Crippen molar-refractivity contribution < 1.29 is 13.2 Å². The second-order valence-corrected chi connectivity index (χ2v) is 10.2. The van der Waals surface area contributed by atoms with Crippen LogP contribution in [0.4, 0.5) is 16.2 Å². The summed E-state index contributed by atoms with van der Waals surface area (Å²) in [5.74, 6) is 0. The molecule has 0 spiro atoms. The predicted molar refractivity (Wildman–Crippen MR) is 127 cm³/mol. The van der Waals surface area contributed by atoms with E-state index in [-0.39, 0.29) is 12.6 Å². The van der Waals surface area contributed by atoms with Gasteiger partial charge in [-0.05, 0) is 85.8 Å². The van der Waals surface area contributed by atoms with Gasteiger partial charge in [-0.2, -0.15) is 4.31 Å². The summed E-state index contributed by atoms with van der Waals surface area (Å²) in [4.78, 5) is 12.8. The summed E-state index contributed by atoms with van der Waals surface area (Å²) in [6.07, 6.45) is 0.634. The smallest absolute Gasteiger partial charge is 0.308 e. The molecular formula is C25H27N3O3S. The van der Waals surface area contributed by atoms with Crippen LogP contribution in [0.5, 0.6) is 0 Å². The van der Waals surface area contributed by atoms with Crippen molar-refractivity contribution in [2.45, 2.75) is 38.6 Å². The van der Waals surface area contributed by atoms with Gasteiger partial charge in [-0.25, -0.2) is 13.2 Å². The molecule has 0 aliphatic carbocycles. The zero-order chi connectivity index (χ0) is 22.9. The second-order valence-electron chi connectivity index (χ2n) is 8.26. The van der Waals surface area contributed by atoms with Gasteiger partial charge >= 0.3 is 6.03 Å². The molecule has 0 bridgehead atoms. The van der Waals surface area contributed by atoms with Crippen molar-refractivity contribution in [3.8, 4) is 0 Å². The monoisotopic (exact) mass is 449 g/mol. The van der Waals surface area contributed by atoms with Gasteiger partial charge in [0.15, 0.2) is 0 Å². The van der Waals surface area contributed by atoms with E-state index >= 15 is 0 Å². The molecule has 1 aliphatic heterocycles. The molecule has 6 nitrogen and oxygen atoms in total. The minimum Gasteiger partial charge on any atom is -0.308 e. The molecule has 32 heavy (non-hydrogen) atoms. The summed E-state index contributed by atoms with van der Waals surface area (Å²) in [6.45, 7) is 6.66. The maximum absolute atomic E-state index is 13.1. The molecule has 3 aromatic rings. The van der Waals surface area contributed by atoms with Crippen LogP contribution >= 0.6 is 0 Å². The maximum Gasteiger partial charge on any atom is 0.323 e. The first-order valence-electron chi connectivity index (χ1n) is 10.6. The normalized spacial score (nSPS) is 14.0. The Kier molecular flexibility index (Phi) is 6.04. The van der Waals surface area contributed by atoms with Crippen LogP contribution in [0.2, 0.25) is 0 Å². The van der Waals surface area contributed by atoms with Crippen molar-refractivity contribution in [3.63, 3.8) is 0 Å². The van der Waals surface area contributed by atoms with Crippen LogP contribution in [-0.4, -0.2) is 25.3 Å². The van der Waals surface area contributed by atoms with Gasteiger partial charge in [0.1, 0.15) is 0 Å². The number of carbonyl (C=O) groups excluding carboxylic acids is 1. The second kappa shape index (κ2) is 8.76. The number of rotatable bonds is 4. The van der Waals surface area contributed by atoms with Gasteiger partial charge in [0, 0.05) is 24.5 Å². The van der Waals surface area contributed by atoms with E-state index < -0.39 is 10.0 Å². The Morgan fingerprint density at radius 1 is 0.812 bits per heavy atom.